The largest absolute Gasteiger partial charge is 0.461 e. The number of nitrogens with zero attached hydrogens (tertiary/aromatic N) is 3. The molecule has 0 bridgehead atoms. The number of anilines is 1. The van der Waals surface area contributed by atoms with Crippen molar-refractivity contribution < 1.29 is 9.21 Å². The maximum atomic E-state index is 12.2. The molecule has 1 fully saturated rings. The average Bonchev–Trinajstić information content (AvgIpc) is 3.20. The Labute approximate surface area is 156 Å². The number of hydrogen-bond donors (Lipinski definition) is 1. The van der Waals surface area contributed by atoms with E-state index in [4.69, 9.17) is 4.42 Å². The molecule has 6 nitrogen and oxygen atoms in total. The minimum atomic E-state index is -0.0561. The molecule has 3 aromatic rings. The molecular weight excluding hydrogens is 348 g/mol. The number of rotatable bonds is 7. The first-order valence-electron chi connectivity index (χ1n) is 8.74. The summed E-state index contributed by atoms with van der Waals surface area (Å²) in [6.07, 6.45) is 4.17. The first-order chi connectivity index (χ1) is 12.7. The number of benzene rings is 1. The third-order valence-electron chi connectivity index (χ3n) is 4.35. The highest BCUT2D eigenvalue weighted by molar-refractivity contribution is 7.99. The first-order valence-corrected chi connectivity index (χ1v) is 9.73. The second-order valence-corrected chi connectivity index (χ2v) is 7.20. The number of hydrogen-bond acceptors (Lipinski definition) is 5. The molecule has 0 saturated heterocycles. The Kier molecular flexibility index (Phi) is 4.79. The van der Waals surface area contributed by atoms with Crippen molar-refractivity contribution in [1.29, 1.82) is 0 Å². The van der Waals surface area contributed by atoms with Crippen LogP contribution in [0.15, 0.2) is 52.2 Å². The molecular formula is C19H20N4O2S. The lowest BCUT2D eigenvalue weighted by molar-refractivity contribution is -0.113. The van der Waals surface area contributed by atoms with Crippen molar-refractivity contribution in [1.82, 2.24) is 14.8 Å². The van der Waals surface area contributed by atoms with Crippen LogP contribution < -0.4 is 5.32 Å². The molecule has 1 aliphatic rings. The highest BCUT2D eigenvalue weighted by Crippen LogP contribution is 2.40. The van der Waals surface area contributed by atoms with Crippen molar-refractivity contribution in [2.24, 2.45) is 0 Å². The van der Waals surface area contributed by atoms with Gasteiger partial charge in [0, 0.05) is 12.2 Å². The van der Waals surface area contributed by atoms with Gasteiger partial charge in [0.05, 0.1) is 12.0 Å². The molecule has 1 amide bonds. The van der Waals surface area contributed by atoms with E-state index in [1.165, 1.54) is 30.2 Å². The smallest absolute Gasteiger partial charge is 0.234 e. The van der Waals surface area contributed by atoms with Gasteiger partial charge in [-0.15, -0.1) is 10.2 Å². The van der Waals surface area contributed by atoms with Crippen LogP contribution in [0.25, 0.3) is 11.6 Å². The molecule has 0 aliphatic heterocycles. The molecule has 7 heteroatoms. The average molecular weight is 368 g/mol. The Balaban J connectivity index is 1.36. The molecule has 134 valence electrons. The zero-order chi connectivity index (χ0) is 17.9. The second-order valence-electron chi connectivity index (χ2n) is 6.26. The maximum absolute atomic E-state index is 12.2. The normalized spacial score (nSPS) is 13.7. The van der Waals surface area contributed by atoms with Crippen molar-refractivity contribution in [3.63, 3.8) is 0 Å². The van der Waals surface area contributed by atoms with Crippen LogP contribution in [0.1, 0.15) is 31.2 Å². The molecule has 0 unspecified atom stereocenters. The summed E-state index contributed by atoms with van der Waals surface area (Å²) in [5.74, 6) is 2.29. The van der Waals surface area contributed by atoms with Gasteiger partial charge in [-0.3, -0.25) is 9.36 Å². The van der Waals surface area contributed by atoms with Crippen LogP contribution in [0.5, 0.6) is 0 Å². The summed E-state index contributed by atoms with van der Waals surface area (Å²) in [5, 5.41) is 12.0. The lowest BCUT2D eigenvalue weighted by atomic mass is 10.1. The molecule has 0 radical (unpaired) electrons. The van der Waals surface area contributed by atoms with E-state index in [2.05, 4.69) is 27.6 Å². The molecule has 2 aromatic heterocycles. The molecule has 26 heavy (non-hydrogen) atoms. The van der Waals surface area contributed by atoms with Gasteiger partial charge in [-0.25, -0.2) is 0 Å². The van der Waals surface area contributed by atoms with Crippen molar-refractivity contribution in [2.75, 3.05) is 11.1 Å². The van der Waals surface area contributed by atoms with E-state index in [1.807, 2.05) is 35.8 Å². The van der Waals surface area contributed by atoms with E-state index in [9.17, 15) is 4.79 Å². The summed E-state index contributed by atoms with van der Waals surface area (Å²) in [6, 6.07) is 11.8. The molecule has 2 heterocycles. The number of carbonyl (C=O) groups excluding carboxylic acids is 1. The third-order valence-corrected chi connectivity index (χ3v) is 5.32. The topological polar surface area (TPSA) is 73.0 Å². The van der Waals surface area contributed by atoms with Gasteiger partial charge in [0.25, 0.3) is 0 Å². The maximum Gasteiger partial charge on any atom is 0.234 e. The minimum Gasteiger partial charge on any atom is -0.461 e. The number of thioether (sulfide) groups is 1. The van der Waals surface area contributed by atoms with Crippen LogP contribution in [0.4, 0.5) is 5.69 Å². The summed E-state index contributed by atoms with van der Waals surface area (Å²) >= 11 is 1.37. The fourth-order valence-electron chi connectivity index (χ4n) is 2.85. The van der Waals surface area contributed by atoms with Gasteiger partial charge in [0.15, 0.2) is 16.7 Å². The van der Waals surface area contributed by atoms with Gasteiger partial charge in [0.2, 0.25) is 5.91 Å². The van der Waals surface area contributed by atoms with E-state index in [0.29, 0.717) is 23.3 Å². The van der Waals surface area contributed by atoms with E-state index in [0.717, 1.165) is 11.6 Å². The molecule has 1 N–H and O–H groups in total. The van der Waals surface area contributed by atoms with E-state index in [-0.39, 0.29) is 11.7 Å². The number of nitrogens with one attached hydrogen (secondary N) is 1. The summed E-state index contributed by atoms with van der Waals surface area (Å²) in [4.78, 5) is 12.2. The van der Waals surface area contributed by atoms with Gasteiger partial charge in [-0.05, 0) is 55.5 Å². The lowest BCUT2D eigenvalue weighted by Crippen LogP contribution is -2.14. The Morgan fingerprint density at radius 3 is 2.73 bits per heavy atom. The summed E-state index contributed by atoms with van der Waals surface area (Å²) in [5.41, 5.74) is 2.19. The van der Waals surface area contributed by atoms with E-state index < -0.39 is 0 Å². The van der Waals surface area contributed by atoms with Crippen LogP contribution in [0, 0.1) is 0 Å². The van der Waals surface area contributed by atoms with E-state index in [1.54, 1.807) is 6.26 Å². The monoisotopic (exact) mass is 368 g/mol. The molecule has 0 atom stereocenters. The zero-order valence-electron chi connectivity index (χ0n) is 14.5. The van der Waals surface area contributed by atoms with Crippen LogP contribution in [0.3, 0.4) is 0 Å². The third kappa shape index (κ3) is 3.67. The number of furan rings is 1. The Hall–Kier alpha value is -2.54. The van der Waals surface area contributed by atoms with E-state index >= 15 is 0 Å². The molecule has 0 spiro atoms. The van der Waals surface area contributed by atoms with Gasteiger partial charge in [0.1, 0.15) is 0 Å². The Bertz CT molecular complexity index is 883. The SMILES string of the molecule is CCn1c(SCC(=O)Nc2ccc(C3CC3)cc2)nnc1-c1ccco1. The molecule has 4 rings (SSSR count). The Morgan fingerprint density at radius 2 is 2.08 bits per heavy atom. The van der Waals surface area contributed by atoms with Crippen LogP contribution >= 0.6 is 11.8 Å². The minimum absolute atomic E-state index is 0.0561. The number of aromatic nitrogens is 3. The summed E-state index contributed by atoms with van der Waals surface area (Å²) < 4.78 is 7.34. The lowest BCUT2D eigenvalue weighted by Gasteiger charge is -2.07. The van der Waals surface area contributed by atoms with Gasteiger partial charge < -0.3 is 9.73 Å². The quantitative estimate of drug-likeness (QED) is 0.634. The van der Waals surface area contributed by atoms with Crippen molar-refractivity contribution >= 4 is 23.4 Å². The standard InChI is InChI=1S/C19H20N4O2S/c1-2-23-18(16-4-3-11-25-16)21-22-19(23)26-12-17(24)20-15-9-7-14(8-10-15)13-5-6-13/h3-4,7-11,13H,2,5-6,12H2,1H3,(H,20,24). The fraction of sp³-hybridized carbons (Fsp3) is 0.316. The second kappa shape index (κ2) is 7.37. The Morgan fingerprint density at radius 1 is 1.27 bits per heavy atom. The van der Waals surface area contributed by atoms with Crippen LogP contribution in [0.2, 0.25) is 0 Å². The van der Waals surface area contributed by atoms with Crippen molar-refractivity contribution in [3.8, 4) is 11.6 Å². The van der Waals surface area contributed by atoms with Crippen LogP contribution in [-0.2, 0) is 11.3 Å². The number of carbonyl (C=O) groups is 1. The first kappa shape index (κ1) is 16.9. The predicted molar refractivity (Wildman–Crippen MR) is 101 cm³/mol. The fourth-order valence-corrected chi connectivity index (χ4v) is 3.65. The highest BCUT2D eigenvalue weighted by atomic mass is 32.2. The highest BCUT2D eigenvalue weighted by Gasteiger charge is 2.23. The number of amides is 1. The summed E-state index contributed by atoms with van der Waals surface area (Å²) in [6.45, 7) is 2.72. The molecule has 1 aromatic carbocycles. The van der Waals surface area contributed by atoms with Gasteiger partial charge >= 0.3 is 0 Å². The van der Waals surface area contributed by atoms with Crippen molar-refractivity contribution in [2.45, 2.75) is 37.4 Å². The predicted octanol–water partition coefficient (Wildman–Crippen LogP) is 4.17. The van der Waals surface area contributed by atoms with Gasteiger partial charge in [-0.2, -0.15) is 0 Å². The van der Waals surface area contributed by atoms with Gasteiger partial charge in [-0.1, -0.05) is 23.9 Å². The van der Waals surface area contributed by atoms with Crippen LogP contribution in [-0.4, -0.2) is 26.4 Å². The summed E-state index contributed by atoms with van der Waals surface area (Å²) in [7, 11) is 0. The molecule has 1 aliphatic carbocycles. The van der Waals surface area contributed by atoms with Crippen molar-refractivity contribution in [3.05, 3.63) is 48.2 Å². The molecule has 1 saturated carbocycles. The zero-order valence-corrected chi connectivity index (χ0v) is 15.3.